The molecule has 1 fully saturated rings. The highest BCUT2D eigenvalue weighted by atomic mass is 35.5. The van der Waals surface area contributed by atoms with E-state index in [1.54, 1.807) is 5.56 Å². The summed E-state index contributed by atoms with van der Waals surface area (Å²) in [5.74, 6) is 0. The van der Waals surface area contributed by atoms with Crippen LogP contribution >= 0.6 is 11.6 Å². The van der Waals surface area contributed by atoms with Crippen molar-refractivity contribution in [1.82, 2.24) is 0 Å². The number of halogens is 1. The normalized spacial score (nSPS) is 28.2. The molecule has 74 valence electrons. The molecule has 0 N–H and O–H groups in total. The molecule has 1 saturated carbocycles. The van der Waals surface area contributed by atoms with E-state index in [2.05, 4.69) is 24.3 Å². The number of rotatable bonds is 0. The van der Waals surface area contributed by atoms with Gasteiger partial charge in [-0.25, -0.2) is 0 Å². The molecule has 1 aromatic rings. The summed E-state index contributed by atoms with van der Waals surface area (Å²) in [5, 5.41) is 0.268. The molecule has 0 aliphatic heterocycles. The van der Waals surface area contributed by atoms with Crippen molar-refractivity contribution in [3.05, 3.63) is 35.4 Å². The first-order valence-electron chi connectivity index (χ1n) is 5.55. The predicted octanol–water partition coefficient (Wildman–Crippen LogP) is 4.18. The summed E-state index contributed by atoms with van der Waals surface area (Å²) in [6.45, 7) is 0. The molecule has 0 aromatic heterocycles. The lowest BCUT2D eigenvalue weighted by Gasteiger charge is -2.24. The second-order valence-corrected chi connectivity index (χ2v) is 5.27. The first-order valence-corrected chi connectivity index (χ1v) is 5.99. The molecule has 0 bridgehead atoms. The van der Waals surface area contributed by atoms with Crippen molar-refractivity contribution in [2.45, 2.75) is 42.9 Å². The topological polar surface area (TPSA) is 0 Å². The van der Waals surface area contributed by atoms with Gasteiger partial charge in [-0.3, -0.25) is 0 Å². The molecule has 0 saturated heterocycles. The zero-order valence-electron chi connectivity index (χ0n) is 8.30. The summed E-state index contributed by atoms with van der Waals surface area (Å²) >= 11 is 6.41. The van der Waals surface area contributed by atoms with Crippen molar-refractivity contribution in [3.63, 3.8) is 0 Å². The summed E-state index contributed by atoms with van der Waals surface area (Å²) in [7, 11) is 0. The maximum absolute atomic E-state index is 6.41. The van der Waals surface area contributed by atoms with Crippen LogP contribution in [0.3, 0.4) is 0 Å². The Hall–Kier alpha value is -0.490. The van der Waals surface area contributed by atoms with Crippen LogP contribution in [0.2, 0.25) is 0 Å². The maximum atomic E-state index is 6.41. The van der Waals surface area contributed by atoms with E-state index in [1.165, 1.54) is 37.7 Å². The number of hydrogen-bond donors (Lipinski definition) is 0. The largest absolute Gasteiger partial charge is 0.118 e. The smallest absolute Gasteiger partial charge is 0.0596 e. The molecule has 1 unspecified atom stereocenters. The van der Waals surface area contributed by atoms with E-state index in [9.17, 15) is 0 Å². The van der Waals surface area contributed by atoms with E-state index in [-0.39, 0.29) is 5.38 Å². The van der Waals surface area contributed by atoms with Crippen LogP contribution < -0.4 is 0 Å². The van der Waals surface area contributed by atoms with Gasteiger partial charge in [0.2, 0.25) is 0 Å². The van der Waals surface area contributed by atoms with Crippen molar-refractivity contribution in [2.24, 2.45) is 0 Å². The predicted molar refractivity (Wildman–Crippen MR) is 59.8 cm³/mol. The number of fused-ring (bicyclic) bond motifs is 2. The van der Waals surface area contributed by atoms with E-state index in [0.717, 1.165) is 0 Å². The van der Waals surface area contributed by atoms with Crippen molar-refractivity contribution in [1.29, 1.82) is 0 Å². The molecule has 1 aromatic carbocycles. The third kappa shape index (κ3) is 1.07. The molecule has 0 heterocycles. The lowest BCUT2D eigenvalue weighted by atomic mass is 9.80. The van der Waals surface area contributed by atoms with Crippen LogP contribution in [-0.4, -0.2) is 0 Å². The molecular weight excluding hydrogens is 192 g/mol. The van der Waals surface area contributed by atoms with Crippen LogP contribution in [0.4, 0.5) is 0 Å². The van der Waals surface area contributed by atoms with E-state index < -0.39 is 0 Å². The average Bonchev–Trinajstić information content (AvgIpc) is 2.77. The number of alkyl halides is 1. The molecule has 14 heavy (non-hydrogen) atoms. The summed E-state index contributed by atoms with van der Waals surface area (Å²) in [4.78, 5) is 0. The van der Waals surface area contributed by atoms with Crippen LogP contribution in [0.25, 0.3) is 0 Å². The highest BCUT2D eigenvalue weighted by Crippen LogP contribution is 2.55. The monoisotopic (exact) mass is 206 g/mol. The highest BCUT2D eigenvalue weighted by Gasteiger charge is 2.44. The minimum Gasteiger partial charge on any atom is -0.118 e. The van der Waals surface area contributed by atoms with Crippen LogP contribution in [0.5, 0.6) is 0 Å². The molecule has 2 aliphatic rings. The molecule has 1 atom stereocenters. The summed E-state index contributed by atoms with van der Waals surface area (Å²) < 4.78 is 0. The number of hydrogen-bond acceptors (Lipinski definition) is 0. The quantitative estimate of drug-likeness (QED) is 0.559. The fourth-order valence-electron chi connectivity index (χ4n) is 3.34. The van der Waals surface area contributed by atoms with Crippen molar-refractivity contribution < 1.29 is 0 Å². The van der Waals surface area contributed by atoms with Crippen LogP contribution in [0.1, 0.15) is 48.6 Å². The van der Waals surface area contributed by atoms with Gasteiger partial charge in [0.25, 0.3) is 0 Å². The van der Waals surface area contributed by atoms with E-state index >= 15 is 0 Å². The standard InChI is InChI=1S/C13H15Cl/c14-12-9-13(7-3-4-8-13)11-6-2-1-5-10(11)12/h1-2,5-6,12H,3-4,7-9H2. The van der Waals surface area contributed by atoms with Gasteiger partial charge < -0.3 is 0 Å². The molecule has 0 radical (unpaired) electrons. The lowest BCUT2D eigenvalue weighted by Crippen LogP contribution is -2.17. The van der Waals surface area contributed by atoms with Gasteiger partial charge >= 0.3 is 0 Å². The fourth-order valence-corrected chi connectivity index (χ4v) is 3.83. The third-order valence-corrected chi connectivity index (χ3v) is 4.39. The van der Waals surface area contributed by atoms with E-state index in [0.29, 0.717) is 5.41 Å². The fraction of sp³-hybridized carbons (Fsp3) is 0.538. The number of benzene rings is 1. The van der Waals surface area contributed by atoms with E-state index in [1.807, 2.05) is 0 Å². The van der Waals surface area contributed by atoms with Gasteiger partial charge in [-0.1, -0.05) is 37.1 Å². The zero-order valence-corrected chi connectivity index (χ0v) is 9.06. The van der Waals surface area contributed by atoms with Crippen molar-refractivity contribution >= 4 is 11.6 Å². The Morgan fingerprint density at radius 3 is 2.64 bits per heavy atom. The summed E-state index contributed by atoms with van der Waals surface area (Å²) in [6.07, 6.45) is 6.66. The lowest BCUT2D eigenvalue weighted by molar-refractivity contribution is 0.435. The Kier molecular flexibility index (Phi) is 1.88. The van der Waals surface area contributed by atoms with Gasteiger partial charge in [0.15, 0.2) is 0 Å². The van der Waals surface area contributed by atoms with Gasteiger partial charge in [0, 0.05) is 0 Å². The molecule has 3 rings (SSSR count). The highest BCUT2D eigenvalue weighted by molar-refractivity contribution is 6.21. The van der Waals surface area contributed by atoms with Crippen LogP contribution in [-0.2, 0) is 5.41 Å². The average molecular weight is 207 g/mol. The summed E-state index contributed by atoms with van der Waals surface area (Å²) in [6, 6.07) is 8.78. The Morgan fingerprint density at radius 1 is 1.14 bits per heavy atom. The molecule has 0 nitrogen and oxygen atoms in total. The second kappa shape index (κ2) is 3.00. The van der Waals surface area contributed by atoms with Crippen molar-refractivity contribution in [2.75, 3.05) is 0 Å². The van der Waals surface area contributed by atoms with Gasteiger partial charge in [-0.2, -0.15) is 0 Å². The van der Waals surface area contributed by atoms with Gasteiger partial charge in [-0.15, -0.1) is 11.6 Å². The Balaban J connectivity index is 2.13. The Labute approximate surface area is 90.3 Å². The zero-order chi connectivity index (χ0) is 9.60. The van der Waals surface area contributed by atoms with Gasteiger partial charge in [0.05, 0.1) is 5.38 Å². The Morgan fingerprint density at radius 2 is 1.86 bits per heavy atom. The Bertz CT molecular complexity index is 350. The van der Waals surface area contributed by atoms with Crippen LogP contribution in [0, 0.1) is 0 Å². The minimum atomic E-state index is 0.268. The first-order chi connectivity index (χ1) is 6.82. The van der Waals surface area contributed by atoms with E-state index in [4.69, 9.17) is 11.6 Å². The molecule has 1 spiro atoms. The summed E-state index contributed by atoms with van der Waals surface area (Å²) in [5.41, 5.74) is 3.41. The van der Waals surface area contributed by atoms with Gasteiger partial charge in [-0.05, 0) is 35.8 Å². The molecular formula is C13H15Cl. The maximum Gasteiger partial charge on any atom is 0.0596 e. The van der Waals surface area contributed by atoms with Gasteiger partial charge in [0.1, 0.15) is 0 Å². The van der Waals surface area contributed by atoms with Crippen LogP contribution in [0.15, 0.2) is 24.3 Å². The second-order valence-electron chi connectivity index (χ2n) is 4.75. The molecule has 0 amide bonds. The van der Waals surface area contributed by atoms with Crippen molar-refractivity contribution in [3.8, 4) is 0 Å². The first kappa shape index (κ1) is 8.79. The SMILES string of the molecule is ClC1CC2(CCCC2)c2ccccc21. The third-order valence-electron chi connectivity index (χ3n) is 4.00. The molecule has 2 aliphatic carbocycles. The minimum absolute atomic E-state index is 0.268. The molecule has 1 heteroatoms.